The quantitative estimate of drug-likeness (QED) is 0.646. The molecule has 0 radical (unpaired) electrons. The number of carbonyl (C=O) groups excluding carboxylic acids is 1. The molecular weight excluding hydrogens is 422 g/mol. The summed E-state index contributed by atoms with van der Waals surface area (Å²) in [5, 5.41) is 12.2. The number of anilines is 1. The van der Waals surface area contributed by atoms with Crippen molar-refractivity contribution in [1.29, 1.82) is 0 Å². The monoisotopic (exact) mass is 455 g/mol. The van der Waals surface area contributed by atoms with Crippen LogP contribution in [-0.2, 0) is 9.53 Å². The van der Waals surface area contributed by atoms with Gasteiger partial charge >= 0.3 is 0 Å². The lowest BCUT2D eigenvalue weighted by atomic mass is 10.1. The molecule has 0 saturated carbocycles. The van der Waals surface area contributed by atoms with Gasteiger partial charge in [0.2, 0.25) is 5.91 Å². The zero-order chi connectivity index (χ0) is 23.0. The summed E-state index contributed by atoms with van der Waals surface area (Å²) in [6, 6.07) is 9.57. The smallest absolute Gasteiger partial charge is 0.236 e. The fourth-order valence-corrected chi connectivity index (χ4v) is 4.30. The topological polar surface area (TPSA) is 89.1 Å². The van der Waals surface area contributed by atoms with Crippen LogP contribution in [0.1, 0.15) is 19.3 Å². The molecular formula is C24H33N5O4. The minimum absolute atomic E-state index is 0.142. The van der Waals surface area contributed by atoms with Crippen molar-refractivity contribution in [2.24, 2.45) is 0 Å². The van der Waals surface area contributed by atoms with E-state index in [9.17, 15) is 4.79 Å². The van der Waals surface area contributed by atoms with Gasteiger partial charge in [-0.3, -0.25) is 4.79 Å². The van der Waals surface area contributed by atoms with Gasteiger partial charge in [0, 0.05) is 51.0 Å². The van der Waals surface area contributed by atoms with Gasteiger partial charge in [0.15, 0.2) is 5.82 Å². The Bertz CT molecular complexity index is 918. The first kappa shape index (κ1) is 23.3. The van der Waals surface area contributed by atoms with Gasteiger partial charge in [-0.1, -0.05) is 0 Å². The first-order chi connectivity index (χ1) is 16.2. The summed E-state index contributed by atoms with van der Waals surface area (Å²) in [6.07, 6.45) is 3.33. The van der Waals surface area contributed by atoms with Crippen LogP contribution < -0.4 is 19.7 Å². The molecule has 1 aromatic carbocycles. The van der Waals surface area contributed by atoms with Crippen molar-refractivity contribution in [3.05, 3.63) is 30.3 Å². The first-order valence-electron chi connectivity index (χ1n) is 11.6. The Labute approximate surface area is 195 Å². The van der Waals surface area contributed by atoms with Crippen LogP contribution >= 0.6 is 0 Å². The second-order valence-electron chi connectivity index (χ2n) is 8.33. The van der Waals surface area contributed by atoms with Crippen LogP contribution in [0.15, 0.2) is 30.3 Å². The van der Waals surface area contributed by atoms with Gasteiger partial charge < -0.3 is 29.3 Å². The lowest BCUT2D eigenvalue weighted by Gasteiger charge is -2.23. The summed E-state index contributed by atoms with van der Waals surface area (Å²) in [5.41, 5.74) is 1.60. The zero-order valence-corrected chi connectivity index (χ0v) is 19.5. The molecule has 0 bridgehead atoms. The molecule has 33 heavy (non-hydrogen) atoms. The summed E-state index contributed by atoms with van der Waals surface area (Å²) in [4.78, 5) is 16.8. The highest BCUT2D eigenvalue weighted by Crippen LogP contribution is 2.32. The fourth-order valence-electron chi connectivity index (χ4n) is 4.30. The largest absolute Gasteiger partial charge is 0.497 e. The van der Waals surface area contributed by atoms with E-state index < -0.39 is 0 Å². The number of hydrogen-bond acceptors (Lipinski definition) is 8. The van der Waals surface area contributed by atoms with Gasteiger partial charge in [-0.2, -0.15) is 0 Å². The van der Waals surface area contributed by atoms with Crippen molar-refractivity contribution >= 4 is 11.7 Å². The van der Waals surface area contributed by atoms with Crippen LogP contribution in [0.2, 0.25) is 0 Å². The molecule has 1 amide bonds. The molecule has 2 aliphatic heterocycles. The van der Waals surface area contributed by atoms with Crippen molar-refractivity contribution in [3.8, 4) is 22.8 Å². The maximum Gasteiger partial charge on any atom is 0.236 e. The van der Waals surface area contributed by atoms with E-state index in [0.717, 1.165) is 74.9 Å². The highest BCUT2D eigenvalue weighted by molar-refractivity contribution is 5.78. The van der Waals surface area contributed by atoms with E-state index in [0.29, 0.717) is 18.8 Å². The summed E-state index contributed by atoms with van der Waals surface area (Å²) < 4.78 is 16.4. The Morgan fingerprint density at radius 2 is 2.00 bits per heavy atom. The van der Waals surface area contributed by atoms with Gasteiger partial charge in [0.25, 0.3) is 0 Å². The standard InChI is InChI=1S/C24H33N5O4/c1-31-18-6-7-20(22(15-18)32-2)21-8-9-23(27-26-21)28-10-4-11-29(13-12-28)24(30)17-25-16-19-5-3-14-33-19/h6-9,15,19,25H,3-5,10-14,16-17H2,1-2H3. The number of nitrogens with one attached hydrogen (secondary N) is 1. The Hall–Kier alpha value is -2.91. The molecule has 9 heteroatoms. The van der Waals surface area contributed by atoms with Crippen LogP contribution in [0.25, 0.3) is 11.3 Å². The molecule has 9 nitrogen and oxygen atoms in total. The van der Waals surface area contributed by atoms with Gasteiger partial charge in [-0.25, -0.2) is 0 Å². The lowest BCUT2D eigenvalue weighted by molar-refractivity contribution is -0.130. The SMILES string of the molecule is COc1ccc(-c2ccc(N3CCCN(C(=O)CNCC4CCCO4)CC3)nn2)c(OC)c1. The summed E-state index contributed by atoms with van der Waals surface area (Å²) >= 11 is 0. The van der Waals surface area contributed by atoms with Gasteiger partial charge in [-0.15, -0.1) is 10.2 Å². The second-order valence-corrected chi connectivity index (χ2v) is 8.33. The van der Waals surface area contributed by atoms with Crippen LogP contribution in [0, 0.1) is 0 Å². The Morgan fingerprint density at radius 1 is 1.09 bits per heavy atom. The van der Waals surface area contributed by atoms with Crippen molar-refractivity contribution in [1.82, 2.24) is 20.4 Å². The third-order valence-electron chi connectivity index (χ3n) is 6.18. The summed E-state index contributed by atoms with van der Waals surface area (Å²) in [7, 11) is 3.25. The summed E-state index contributed by atoms with van der Waals surface area (Å²) in [5.74, 6) is 2.37. The van der Waals surface area contributed by atoms with Gasteiger partial charge in [0.1, 0.15) is 11.5 Å². The Kier molecular flexibility index (Phi) is 7.96. The average Bonchev–Trinajstić information content (AvgIpc) is 3.25. The molecule has 2 aliphatic rings. The van der Waals surface area contributed by atoms with Gasteiger partial charge in [0.05, 0.1) is 32.6 Å². The number of carbonyl (C=O) groups is 1. The molecule has 3 heterocycles. The second kappa shape index (κ2) is 11.3. The minimum Gasteiger partial charge on any atom is -0.497 e. The number of ether oxygens (including phenoxy) is 3. The van der Waals surface area contributed by atoms with E-state index >= 15 is 0 Å². The van der Waals surface area contributed by atoms with E-state index in [1.165, 1.54) is 0 Å². The maximum atomic E-state index is 12.6. The van der Waals surface area contributed by atoms with E-state index in [1.54, 1.807) is 14.2 Å². The van der Waals surface area contributed by atoms with Crippen LogP contribution in [0.3, 0.4) is 0 Å². The zero-order valence-electron chi connectivity index (χ0n) is 19.5. The highest BCUT2D eigenvalue weighted by Gasteiger charge is 2.21. The molecule has 2 fully saturated rings. The number of rotatable bonds is 8. The Balaban J connectivity index is 1.32. The van der Waals surface area contributed by atoms with Crippen molar-refractivity contribution in [2.45, 2.75) is 25.4 Å². The highest BCUT2D eigenvalue weighted by atomic mass is 16.5. The van der Waals surface area contributed by atoms with E-state index in [1.807, 2.05) is 35.2 Å². The maximum absolute atomic E-state index is 12.6. The number of amides is 1. The van der Waals surface area contributed by atoms with Gasteiger partial charge in [-0.05, 0) is 43.5 Å². The van der Waals surface area contributed by atoms with Crippen LogP contribution in [-0.4, -0.2) is 87.2 Å². The van der Waals surface area contributed by atoms with E-state index in [4.69, 9.17) is 14.2 Å². The van der Waals surface area contributed by atoms with Crippen molar-refractivity contribution < 1.29 is 19.0 Å². The molecule has 2 aromatic rings. The van der Waals surface area contributed by atoms with Crippen molar-refractivity contribution in [3.63, 3.8) is 0 Å². The minimum atomic E-state index is 0.142. The third kappa shape index (κ3) is 5.91. The lowest BCUT2D eigenvalue weighted by Crippen LogP contribution is -2.42. The number of methoxy groups -OCH3 is 2. The van der Waals surface area contributed by atoms with Crippen molar-refractivity contribution in [2.75, 3.05) is 65.0 Å². The molecule has 2 saturated heterocycles. The molecule has 178 valence electrons. The molecule has 0 spiro atoms. The molecule has 4 rings (SSSR count). The predicted octanol–water partition coefficient (Wildman–Crippen LogP) is 1.97. The fraction of sp³-hybridized carbons (Fsp3) is 0.542. The molecule has 1 unspecified atom stereocenters. The van der Waals surface area contributed by atoms with Crippen LogP contribution in [0.4, 0.5) is 5.82 Å². The molecule has 0 aliphatic carbocycles. The van der Waals surface area contributed by atoms with Crippen LogP contribution in [0.5, 0.6) is 11.5 Å². The normalized spacial score (nSPS) is 18.8. The number of nitrogens with zero attached hydrogens (tertiary/aromatic N) is 4. The number of hydrogen-bond donors (Lipinski definition) is 1. The molecule has 1 atom stereocenters. The Morgan fingerprint density at radius 3 is 2.73 bits per heavy atom. The van der Waals surface area contributed by atoms with E-state index in [-0.39, 0.29) is 12.0 Å². The van der Waals surface area contributed by atoms with E-state index in [2.05, 4.69) is 20.4 Å². The third-order valence-corrected chi connectivity index (χ3v) is 6.18. The molecule has 1 N–H and O–H groups in total. The predicted molar refractivity (Wildman–Crippen MR) is 126 cm³/mol. The average molecular weight is 456 g/mol. The number of benzene rings is 1. The summed E-state index contributed by atoms with van der Waals surface area (Å²) in [6.45, 7) is 4.94. The molecule has 1 aromatic heterocycles. The first-order valence-corrected chi connectivity index (χ1v) is 11.6. The number of aromatic nitrogens is 2.